The highest BCUT2D eigenvalue weighted by molar-refractivity contribution is 7.10. The van der Waals surface area contributed by atoms with Gasteiger partial charge in [-0.05, 0) is 69.9 Å². The van der Waals surface area contributed by atoms with Gasteiger partial charge in [-0.25, -0.2) is 9.78 Å². The average Bonchev–Trinajstić information content (AvgIpc) is 3.29. The van der Waals surface area contributed by atoms with E-state index in [0.717, 1.165) is 17.0 Å². The summed E-state index contributed by atoms with van der Waals surface area (Å²) in [6, 6.07) is 13.2. The molecule has 4 aromatic rings. The Labute approximate surface area is 245 Å². The summed E-state index contributed by atoms with van der Waals surface area (Å²) in [7, 11) is 0. The minimum Gasteiger partial charge on any atom is -0.481 e. The summed E-state index contributed by atoms with van der Waals surface area (Å²) < 4.78 is 9.65. The number of para-hydroxylation sites is 2. The number of hydrogen-bond donors (Lipinski definition) is 4. The number of nitrogens with two attached hydrogens (primary N) is 1. The number of ether oxygens (including phenoxy) is 1. The highest BCUT2D eigenvalue weighted by Gasteiger charge is 2.45. The summed E-state index contributed by atoms with van der Waals surface area (Å²) in [6.07, 6.45) is 0.557. The van der Waals surface area contributed by atoms with Gasteiger partial charge in [-0.3, -0.25) is 19.4 Å². The molecule has 0 aliphatic rings. The Hall–Kier alpha value is -4.75. The Balaban J connectivity index is 1.57. The van der Waals surface area contributed by atoms with Crippen molar-refractivity contribution in [3.05, 3.63) is 71.5 Å². The number of aryl methyl sites for hydroxylation is 1. The molecule has 0 unspecified atom stereocenters. The Morgan fingerprint density at radius 3 is 2.45 bits per heavy atom. The van der Waals surface area contributed by atoms with Gasteiger partial charge in [-0.1, -0.05) is 24.3 Å². The molecule has 2 aromatic carbocycles. The van der Waals surface area contributed by atoms with Gasteiger partial charge in [0.1, 0.15) is 16.4 Å². The van der Waals surface area contributed by atoms with Crippen molar-refractivity contribution in [3.8, 4) is 0 Å². The standard InChI is InChI=1S/C29H30N6O6S/c1-16-23(26(42-35-16)34-21-15-31-19-10-5-6-11-20(19)33-21)25(39)32-18-9-7-8-17(14-18)24(38)29(30,13-12-22(36)37)27(40)41-28(2,3)4/h5-11,14-15H,12-13,30H2,1-4H3,(H,32,39)(H,33,34)(H,36,37)/t29-/m1/s1. The molecule has 0 radical (unpaired) electrons. The van der Waals surface area contributed by atoms with E-state index < -0.39 is 47.6 Å². The molecule has 0 spiro atoms. The second kappa shape index (κ2) is 12.0. The quantitative estimate of drug-likeness (QED) is 0.116. The first-order valence-corrected chi connectivity index (χ1v) is 13.7. The first-order chi connectivity index (χ1) is 19.8. The predicted molar refractivity (Wildman–Crippen MR) is 158 cm³/mol. The van der Waals surface area contributed by atoms with E-state index in [-0.39, 0.29) is 16.8 Å². The number of amides is 1. The van der Waals surface area contributed by atoms with E-state index in [2.05, 4.69) is 25.0 Å². The molecule has 12 nitrogen and oxygen atoms in total. The molecule has 0 bridgehead atoms. The van der Waals surface area contributed by atoms with Gasteiger partial charge in [0.15, 0.2) is 11.3 Å². The number of carboxylic acid groups (broad SMARTS) is 1. The van der Waals surface area contributed by atoms with Crippen LogP contribution in [0.5, 0.6) is 0 Å². The van der Waals surface area contributed by atoms with E-state index in [0.29, 0.717) is 22.0 Å². The highest BCUT2D eigenvalue weighted by atomic mass is 32.1. The lowest BCUT2D eigenvalue weighted by Gasteiger charge is -2.30. The molecule has 0 saturated carbocycles. The predicted octanol–water partition coefficient (Wildman–Crippen LogP) is 4.48. The Morgan fingerprint density at radius 2 is 1.76 bits per heavy atom. The number of carbonyl (C=O) groups excluding carboxylic acids is 3. The number of anilines is 3. The Kier molecular flexibility index (Phi) is 8.64. The van der Waals surface area contributed by atoms with Crippen molar-refractivity contribution in [2.45, 2.75) is 51.7 Å². The lowest BCUT2D eigenvalue weighted by atomic mass is 9.85. The van der Waals surface area contributed by atoms with Gasteiger partial charge in [0.2, 0.25) is 0 Å². The lowest BCUT2D eigenvalue weighted by molar-refractivity contribution is -0.159. The van der Waals surface area contributed by atoms with Gasteiger partial charge < -0.3 is 26.2 Å². The number of carbonyl (C=O) groups is 4. The van der Waals surface area contributed by atoms with Crippen LogP contribution in [0, 0.1) is 6.92 Å². The maximum absolute atomic E-state index is 13.5. The van der Waals surface area contributed by atoms with Crippen LogP contribution < -0.4 is 16.4 Å². The number of benzene rings is 2. The molecule has 5 N–H and O–H groups in total. The Morgan fingerprint density at radius 1 is 1.05 bits per heavy atom. The van der Waals surface area contributed by atoms with Crippen LogP contribution in [0.15, 0.2) is 54.7 Å². The number of aliphatic carboxylic acids is 1. The summed E-state index contributed by atoms with van der Waals surface area (Å²) in [5.74, 6) is -3.16. The van der Waals surface area contributed by atoms with Crippen LogP contribution in [0.3, 0.4) is 0 Å². The highest BCUT2D eigenvalue weighted by Crippen LogP contribution is 2.29. The van der Waals surface area contributed by atoms with Crippen molar-refractivity contribution in [2.75, 3.05) is 10.6 Å². The van der Waals surface area contributed by atoms with Crippen molar-refractivity contribution in [2.24, 2.45) is 5.73 Å². The van der Waals surface area contributed by atoms with Crippen LogP contribution in [0.2, 0.25) is 0 Å². The van der Waals surface area contributed by atoms with Crippen LogP contribution in [0.25, 0.3) is 11.0 Å². The van der Waals surface area contributed by atoms with Gasteiger partial charge in [0, 0.05) is 17.7 Å². The molecular formula is C29H30N6O6S. The molecule has 0 fully saturated rings. The number of nitrogens with one attached hydrogen (secondary N) is 2. The fraction of sp³-hybridized carbons (Fsp3) is 0.276. The second-order valence-corrected chi connectivity index (χ2v) is 11.3. The van der Waals surface area contributed by atoms with Gasteiger partial charge in [0.05, 0.1) is 28.5 Å². The largest absolute Gasteiger partial charge is 0.481 e. The smallest absolute Gasteiger partial charge is 0.334 e. The molecule has 1 amide bonds. The minimum atomic E-state index is -2.25. The van der Waals surface area contributed by atoms with E-state index in [1.165, 1.54) is 18.2 Å². The fourth-order valence-corrected chi connectivity index (χ4v) is 4.83. The van der Waals surface area contributed by atoms with Gasteiger partial charge >= 0.3 is 11.9 Å². The number of carboxylic acids is 1. The molecular weight excluding hydrogens is 560 g/mol. The number of Topliss-reactive ketones (excluding diaryl/α,β-unsaturated/α-hetero) is 1. The van der Waals surface area contributed by atoms with E-state index in [9.17, 15) is 24.3 Å². The van der Waals surface area contributed by atoms with Crippen molar-refractivity contribution in [1.29, 1.82) is 0 Å². The summed E-state index contributed by atoms with van der Waals surface area (Å²) >= 11 is 1.08. The van der Waals surface area contributed by atoms with Gasteiger partial charge in [0.25, 0.3) is 5.91 Å². The van der Waals surface area contributed by atoms with E-state index >= 15 is 0 Å². The van der Waals surface area contributed by atoms with E-state index in [1.54, 1.807) is 40.0 Å². The van der Waals surface area contributed by atoms with Crippen molar-refractivity contribution < 1.29 is 29.0 Å². The number of esters is 1. The average molecular weight is 591 g/mol. The Bertz CT molecular complexity index is 1680. The SMILES string of the molecule is Cc1nsc(Nc2cnc3ccccc3n2)c1C(=O)Nc1cccc(C(=O)[C@](N)(CCC(=O)O)C(=O)OC(C)(C)C)c1. The van der Waals surface area contributed by atoms with Crippen LogP contribution >= 0.6 is 11.5 Å². The summed E-state index contributed by atoms with van der Waals surface area (Å²) in [5, 5.41) is 15.5. The zero-order valence-electron chi connectivity index (χ0n) is 23.4. The second-order valence-electron chi connectivity index (χ2n) is 10.6. The third-order valence-corrected chi connectivity index (χ3v) is 6.92. The van der Waals surface area contributed by atoms with Crippen LogP contribution in [-0.2, 0) is 14.3 Å². The summed E-state index contributed by atoms with van der Waals surface area (Å²) in [5.41, 5.74) is 5.44. The molecule has 218 valence electrons. The zero-order valence-corrected chi connectivity index (χ0v) is 24.2. The molecule has 4 rings (SSSR count). The summed E-state index contributed by atoms with van der Waals surface area (Å²) in [6.45, 7) is 6.52. The summed E-state index contributed by atoms with van der Waals surface area (Å²) in [4.78, 5) is 60.0. The number of rotatable bonds is 10. The molecule has 0 saturated heterocycles. The van der Waals surface area contributed by atoms with Crippen LogP contribution in [0.4, 0.5) is 16.5 Å². The third-order valence-electron chi connectivity index (χ3n) is 6.06. The normalized spacial score (nSPS) is 12.8. The topological polar surface area (TPSA) is 186 Å². The van der Waals surface area contributed by atoms with Crippen molar-refractivity contribution >= 4 is 62.7 Å². The van der Waals surface area contributed by atoms with Crippen molar-refractivity contribution in [1.82, 2.24) is 14.3 Å². The van der Waals surface area contributed by atoms with Gasteiger partial charge in [-0.2, -0.15) is 4.37 Å². The number of aromatic nitrogens is 3. The molecule has 0 aliphatic carbocycles. The molecule has 13 heteroatoms. The number of ketones is 1. The van der Waals surface area contributed by atoms with Crippen LogP contribution in [0.1, 0.15) is 60.0 Å². The van der Waals surface area contributed by atoms with Gasteiger partial charge in [-0.15, -0.1) is 0 Å². The fourth-order valence-electron chi connectivity index (χ4n) is 4.03. The molecule has 0 aliphatic heterocycles. The molecule has 2 aromatic heterocycles. The maximum Gasteiger partial charge on any atom is 0.334 e. The first-order valence-electron chi connectivity index (χ1n) is 12.9. The monoisotopic (exact) mass is 590 g/mol. The minimum absolute atomic E-state index is 0.00324. The zero-order chi connectivity index (χ0) is 30.7. The van der Waals surface area contributed by atoms with E-state index in [4.69, 9.17) is 10.5 Å². The number of fused-ring (bicyclic) bond motifs is 1. The van der Waals surface area contributed by atoms with Crippen molar-refractivity contribution in [3.63, 3.8) is 0 Å². The number of hydrogen-bond acceptors (Lipinski definition) is 11. The van der Waals surface area contributed by atoms with Crippen LogP contribution in [-0.4, -0.2) is 54.2 Å². The number of nitrogens with zero attached hydrogens (tertiary/aromatic N) is 3. The lowest BCUT2D eigenvalue weighted by Crippen LogP contribution is -2.57. The molecule has 2 heterocycles. The molecule has 42 heavy (non-hydrogen) atoms. The first kappa shape index (κ1) is 30.2. The third kappa shape index (κ3) is 6.93. The molecule has 1 atom stereocenters. The van der Waals surface area contributed by atoms with E-state index in [1.807, 2.05) is 24.3 Å². The maximum atomic E-state index is 13.5.